The van der Waals surface area contributed by atoms with E-state index in [1.807, 2.05) is 32.0 Å². The highest BCUT2D eigenvalue weighted by atomic mass is 16.5. The number of benzene rings is 1. The maximum atomic E-state index is 12.5. The van der Waals surface area contributed by atoms with Gasteiger partial charge in [-0.3, -0.25) is 4.79 Å². The average Bonchev–Trinajstić information content (AvgIpc) is 2.50. The van der Waals surface area contributed by atoms with Crippen molar-refractivity contribution in [2.75, 3.05) is 20.8 Å². The van der Waals surface area contributed by atoms with Gasteiger partial charge < -0.3 is 14.2 Å². The minimum atomic E-state index is -0.542. The van der Waals surface area contributed by atoms with Crippen molar-refractivity contribution in [3.8, 4) is 11.5 Å². The Kier molecular flexibility index (Phi) is 4.56. The second kappa shape index (κ2) is 6.20. The molecule has 2 rings (SSSR count). The smallest absolute Gasteiger partial charge is 0.169 e. The van der Waals surface area contributed by atoms with Crippen LogP contribution in [-0.4, -0.2) is 26.6 Å². The van der Waals surface area contributed by atoms with Gasteiger partial charge in [-0.1, -0.05) is 6.07 Å². The molecule has 4 heteroatoms. The first-order valence-corrected chi connectivity index (χ1v) is 7.15. The van der Waals surface area contributed by atoms with E-state index in [9.17, 15) is 4.79 Å². The van der Waals surface area contributed by atoms with E-state index in [2.05, 4.69) is 0 Å². The molecular formula is C17H22O4. The Hall–Kier alpha value is -1.97. The summed E-state index contributed by atoms with van der Waals surface area (Å²) in [7, 11) is 3.20. The number of ether oxygens (including phenoxy) is 3. The standard InChI is InChI=1S/C17H22O4/c1-5-21-13-8-9-17(2,16(18)11-13)12-6-7-14(19-3)15(10-12)20-4/h6-7,10-11H,5,8-9H2,1-4H3. The van der Waals surface area contributed by atoms with Crippen molar-refractivity contribution in [3.63, 3.8) is 0 Å². The average molecular weight is 290 g/mol. The van der Waals surface area contributed by atoms with Gasteiger partial charge in [0.25, 0.3) is 0 Å². The fraction of sp³-hybridized carbons (Fsp3) is 0.471. The third-order valence-electron chi connectivity index (χ3n) is 4.06. The fourth-order valence-corrected chi connectivity index (χ4v) is 2.64. The molecule has 114 valence electrons. The predicted octanol–water partition coefficient (Wildman–Crippen LogP) is 3.24. The fourth-order valence-electron chi connectivity index (χ4n) is 2.64. The third kappa shape index (κ3) is 2.89. The molecule has 1 unspecified atom stereocenters. The monoisotopic (exact) mass is 290 g/mol. The van der Waals surface area contributed by atoms with E-state index < -0.39 is 5.41 Å². The lowest BCUT2D eigenvalue weighted by Crippen LogP contribution is -2.34. The lowest BCUT2D eigenvalue weighted by molar-refractivity contribution is -0.120. The molecule has 21 heavy (non-hydrogen) atoms. The largest absolute Gasteiger partial charge is 0.498 e. The Labute approximate surface area is 125 Å². The second-order valence-electron chi connectivity index (χ2n) is 5.31. The van der Waals surface area contributed by atoms with Crippen LogP contribution in [0.1, 0.15) is 32.3 Å². The lowest BCUT2D eigenvalue weighted by Gasteiger charge is -2.32. The number of rotatable bonds is 5. The van der Waals surface area contributed by atoms with Gasteiger partial charge in [-0.25, -0.2) is 0 Å². The number of ketones is 1. The topological polar surface area (TPSA) is 44.8 Å². The minimum absolute atomic E-state index is 0.0735. The summed E-state index contributed by atoms with van der Waals surface area (Å²) in [5, 5.41) is 0. The van der Waals surface area contributed by atoms with Crippen molar-refractivity contribution in [1.82, 2.24) is 0 Å². The summed E-state index contributed by atoms with van der Waals surface area (Å²) < 4.78 is 16.0. The van der Waals surface area contributed by atoms with E-state index in [1.54, 1.807) is 20.3 Å². The molecule has 0 spiro atoms. The van der Waals surface area contributed by atoms with Crippen LogP contribution in [0.3, 0.4) is 0 Å². The van der Waals surface area contributed by atoms with E-state index in [4.69, 9.17) is 14.2 Å². The van der Waals surface area contributed by atoms with Crippen LogP contribution in [0.15, 0.2) is 30.0 Å². The molecule has 1 aliphatic carbocycles. The van der Waals surface area contributed by atoms with Gasteiger partial charge in [0.15, 0.2) is 17.3 Å². The van der Waals surface area contributed by atoms with Crippen LogP contribution in [0, 0.1) is 0 Å². The summed E-state index contributed by atoms with van der Waals surface area (Å²) in [5.41, 5.74) is 0.400. The molecule has 0 aromatic heterocycles. The highest BCUT2D eigenvalue weighted by molar-refractivity contribution is 6.00. The molecule has 0 N–H and O–H groups in total. The Bertz CT molecular complexity index is 562. The van der Waals surface area contributed by atoms with Crippen LogP contribution in [0.5, 0.6) is 11.5 Å². The van der Waals surface area contributed by atoms with E-state index in [-0.39, 0.29) is 5.78 Å². The second-order valence-corrected chi connectivity index (χ2v) is 5.31. The van der Waals surface area contributed by atoms with Gasteiger partial charge in [-0.15, -0.1) is 0 Å². The summed E-state index contributed by atoms with van der Waals surface area (Å²) >= 11 is 0. The molecule has 0 fully saturated rings. The van der Waals surface area contributed by atoms with E-state index in [0.717, 1.165) is 24.2 Å². The quantitative estimate of drug-likeness (QED) is 0.835. The maximum Gasteiger partial charge on any atom is 0.169 e. The molecule has 1 atom stereocenters. The zero-order chi connectivity index (χ0) is 15.5. The number of hydrogen-bond acceptors (Lipinski definition) is 4. The first-order chi connectivity index (χ1) is 10.0. The summed E-state index contributed by atoms with van der Waals surface area (Å²) in [4.78, 5) is 12.5. The van der Waals surface area contributed by atoms with E-state index in [0.29, 0.717) is 18.1 Å². The van der Waals surface area contributed by atoms with Crippen LogP contribution in [0.25, 0.3) is 0 Å². The summed E-state index contributed by atoms with van der Waals surface area (Å²) in [6.45, 7) is 4.48. The SMILES string of the molecule is CCOC1=CC(=O)C(C)(c2ccc(OC)c(OC)c2)CC1. The molecule has 1 aromatic carbocycles. The first kappa shape index (κ1) is 15.4. The van der Waals surface area contributed by atoms with Crippen LogP contribution >= 0.6 is 0 Å². The minimum Gasteiger partial charge on any atom is -0.498 e. The van der Waals surface area contributed by atoms with Crippen LogP contribution in [-0.2, 0) is 14.9 Å². The van der Waals surface area contributed by atoms with E-state index in [1.165, 1.54) is 0 Å². The molecular weight excluding hydrogens is 268 g/mol. The van der Waals surface area contributed by atoms with Crippen LogP contribution in [0.2, 0.25) is 0 Å². The van der Waals surface area contributed by atoms with Crippen molar-refractivity contribution < 1.29 is 19.0 Å². The number of allylic oxidation sites excluding steroid dienone is 2. The molecule has 1 aliphatic rings. The number of carbonyl (C=O) groups is 1. The van der Waals surface area contributed by atoms with Crippen LogP contribution in [0.4, 0.5) is 0 Å². The van der Waals surface area contributed by atoms with Crippen molar-refractivity contribution in [1.29, 1.82) is 0 Å². The maximum absolute atomic E-state index is 12.5. The molecule has 0 saturated heterocycles. The van der Waals surface area contributed by atoms with Gasteiger partial charge in [0.05, 0.1) is 32.0 Å². The van der Waals surface area contributed by atoms with Gasteiger partial charge in [-0.2, -0.15) is 0 Å². The summed E-state index contributed by atoms with van der Waals surface area (Å²) in [6, 6.07) is 5.66. The molecule has 0 saturated carbocycles. The Morgan fingerprint density at radius 2 is 1.90 bits per heavy atom. The molecule has 0 aliphatic heterocycles. The Balaban J connectivity index is 2.35. The molecule has 0 heterocycles. The summed E-state index contributed by atoms with van der Waals surface area (Å²) in [6.07, 6.45) is 3.13. The highest BCUT2D eigenvalue weighted by Gasteiger charge is 2.37. The molecule has 0 amide bonds. The summed E-state index contributed by atoms with van der Waals surface area (Å²) in [5.74, 6) is 2.16. The van der Waals surface area contributed by atoms with Crippen LogP contribution < -0.4 is 9.47 Å². The lowest BCUT2D eigenvalue weighted by atomic mass is 9.72. The van der Waals surface area contributed by atoms with Gasteiger partial charge in [0.2, 0.25) is 0 Å². The highest BCUT2D eigenvalue weighted by Crippen LogP contribution is 2.39. The van der Waals surface area contributed by atoms with Crippen molar-refractivity contribution in [3.05, 3.63) is 35.6 Å². The number of carbonyl (C=O) groups excluding carboxylic acids is 1. The van der Waals surface area contributed by atoms with Gasteiger partial charge >= 0.3 is 0 Å². The Morgan fingerprint density at radius 1 is 1.19 bits per heavy atom. The van der Waals surface area contributed by atoms with E-state index >= 15 is 0 Å². The first-order valence-electron chi connectivity index (χ1n) is 7.15. The van der Waals surface area contributed by atoms with Gasteiger partial charge in [0, 0.05) is 12.5 Å². The molecule has 0 radical (unpaired) electrons. The van der Waals surface area contributed by atoms with Gasteiger partial charge in [0.1, 0.15) is 0 Å². The number of methoxy groups -OCH3 is 2. The number of hydrogen-bond donors (Lipinski definition) is 0. The third-order valence-corrected chi connectivity index (χ3v) is 4.06. The normalized spacial score (nSPS) is 21.7. The van der Waals surface area contributed by atoms with Crippen molar-refractivity contribution >= 4 is 5.78 Å². The molecule has 4 nitrogen and oxygen atoms in total. The van der Waals surface area contributed by atoms with Gasteiger partial charge in [-0.05, 0) is 38.0 Å². The van der Waals surface area contributed by atoms with Crippen molar-refractivity contribution in [2.24, 2.45) is 0 Å². The van der Waals surface area contributed by atoms with Crippen molar-refractivity contribution in [2.45, 2.75) is 32.1 Å². The molecule has 0 bridgehead atoms. The zero-order valence-corrected chi connectivity index (χ0v) is 13.1. The predicted molar refractivity (Wildman–Crippen MR) is 80.8 cm³/mol. The molecule has 1 aromatic rings. The Morgan fingerprint density at radius 3 is 2.48 bits per heavy atom. The zero-order valence-electron chi connectivity index (χ0n) is 13.1.